The molecule has 3 aromatic heterocycles. The summed E-state index contributed by atoms with van der Waals surface area (Å²) in [6, 6.07) is 11.5. The lowest BCUT2D eigenvalue weighted by Gasteiger charge is -2.25. The van der Waals surface area contributed by atoms with Crippen molar-refractivity contribution in [3.63, 3.8) is 0 Å². The van der Waals surface area contributed by atoms with E-state index in [9.17, 15) is 4.79 Å². The Labute approximate surface area is 166 Å². The van der Waals surface area contributed by atoms with Crippen LogP contribution in [0.3, 0.4) is 0 Å². The van der Waals surface area contributed by atoms with Crippen LogP contribution in [0.25, 0.3) is 11.5 Å². The van der Waals surface area contributed by atoms with E-state index in [0.717, 1.165) is 22.6 Å². The number of nitrogens with zero attached hydrogens (tertiary/aromatic N) is 6. The number of carbonyl (C=O) groups is 1. The van der Waals surface area contributed by atoms with Crippen LogP contribution in [0.15, 0.2) is 42.7 Å². The van der Waals surface area contributed by atoms with Crippen LogP contribution in [-0.4, -0.2) is 42.1 Å². The van der Waals surface area contributed by atoms with Gasteiger partial charge in [0.05, 0.1) is 12.3 Å². The number of rotatable bonds is 4. The number of benzene rings is 1. The van der Waals surface area contributed by atoms with Crippen molar-refractivity contribution in [1.29, 1.82) is 0 Å². The van der Waals surface area contributed by atoms with E-state index >= 15 is 0 Å². The number of carbonyl (C=O) groups excluding carboxylic acids is 1. The minimum atomic E-state index is -0.145. The van der Waals surface area contributed by atoms with Crippen molar-refractivity contribution in [2.75, 3.05) is 11.9 Å². The molecule has 1 atom stereocenters. The average Bonchev–Trinajstić information content (AvgIpc) is 3.32. The largest absolute Gasteiger partial charge is 0.494 e. The topological polar surface area (TPSA) is 99.2 Å². The summed E-state index contributed by atoms with van der Waals surface area (Å²) in [4.78, 5) is 12.6. The fourth-order valence-corrected chi connectivity index (χ4v) is 3.87. The fourth-order valence-electron chi connectivity index (χ4n) is 3.87. The van der Waals surface area contributed by atoms with Crippen molar-refractivity contribution >= 4 is 17.4 Å². The van der Waals surface area contributed by atoms with Crippen molar-refractivity contribution in [1.82, 2.24) is 29.6 Å². The van der Waals surface area contributed by atoms with Gasteiger partial charge in [0.2, 0.25) is 5.91 Å². The Morgan fingerprint density at radius 3 is 2.93 bits per heavy atom. The van der Waals surface area contributed by atoms with Gasteiger partial charge in [-0.05, 0) is 32.0 Å². The van der Waals surface area contributed by atoms with Gasteiger partial charge in [-0.2, -0.15) is 14.3 Å². The van der Waals surface area contributed by atoms with Gasteiger partial charge in [0, 0.05) is 23.5 Å². The number of amides is 1. The SMILES string of the molecule is CCOc1ccccc1C1CC(=O)Nc2c1c(C)nn2-c1ccc2nncn2n1. The molecule has 0 saturated heterocycles. The lowest BCUT2D eigenvalue weighted by Crippen LogP contribution is -2.25. The van der Waals surface area contributed by atoms with Gasteiger partial charge in [-0.1, -0.05) is 18.2 Å². The summed E-state index contributed by atoms with van der Waals surface area (Å²) in [5.74, 6) is 1.78. The molecule has 0 aliphatic carbocycles. The Kier molecular flexibility index (Phi) is 4.01. The van der Waals surface area contributed by atoms with Gasteiger partial charge in [-0.3, -0.25) is 4.79 Å². The Bertz CT molecular complexity index is 1230. The average molecular weight is 389 g/mol. The third-order valence-corrected chi connectivity index (χ3v) is 5.06. The van der Waals surface area contributed by atoms with E-state index in [4.69, 9.17) is 4.74 Å². The van der Waals surface area contributed by atoms with Gasteiger partial charge in [-0.15, -0.1) is 15.3 Å². The molecule has 146 valence electrons. The summed E-state index contributed by atoms with van der Waals surface area (Å²) < 4.78 is 9.06. The highest BCUT2D eigenvalue weighted by atomic mass is 16.5. The van der Waals surface area contributed by atoms with Crippen LogP contribution >= 0.6 is 0 Å². The van der Waals surface area contributed by atoms with Crippen LogP contribution in [0.2, 0.25) is 0 Å². The number of hydrogen-bond donors (Lipinski definition) is 1. The highest BCUT2D eigenvalue weighted by Gasteiger charge is 2.34. The maximum Gasteiger partial charge on any atom is 0.226 e. The summed E-state index contributed by atoms with van der Waals surface area (Å²) in [5.41, 5.74) is 3.43. The molecule has 0 radical (unpaired) electrons. The molecule has 9 nitrogen and oxygen atoms in total. The number of ether oxygens (including phenoxy) is 1. The smallest absolute Gasteiger partial charge is 0.226 e. The number of nitrogens with one attached hydrogen (secondary N) is 1. The lowest BCUT2D eigenvalue weighted by molar-refractivity contribution is -0.116. The third-order valence-electron chi connectivity index (χ3n) is 5.06. The van der Waals surface area contributed by atoms with Crippen LogP contribution in [0.5, 0.6) is 5.75 Å². The summed E-state index contributed by atoms with van der Waals surface area (Å²) >= 11 is 0. The Balaban J connectivity index is 1.67. The van der Waals surface area contributed by atoms with Gasteiger partial charge < -0.3 is 10.1 Å². The summed E-state index contributed by atoms with van der Waals surface area (Å²) in [7, 11) is 0. The molecule has 1 aliphatic rings. The number of aryl methyl sites for hydroxylation is 1. The zero-order valence-corrected chi connectivity index (χ0v) is 16.0. The van der Waals surface area contributed by atoms with Crippen LogP contribution in [-0.2, 0) is 4.79 Å². The Morgan fingerprint density at radius 2 is 2.07 bits per heavy atom. The second kappa shape index (κ2) is 6.69. The van der Waals surface area contributed by atoms with E-state index in [1.807, 2.05) is 44.2 Å². The van der Waals surface area contributed by atoms with E-state index in [0.29, 0.717) is 30.3 Å². The third kappa shape index (κ3) is 2.82. The molecule has 0 fully saturated rings. The van der Waals surface area contributed by atoms with Crippen LogP contribution in [0, 0.1) is 6.92 Å². The molecule has 0 bridgehead atoms. The summed E-state index contributed by atoms with van der Waals surface area (Å²) in [5, 5.41) is 20.0. The Morgan fingerprint density at radius 1 is 1.21 bits per heavy atom. The highest BCUT2D eigenvalue weighted by Crippen LogP contribution is 2.42. The van der Waals surface area contributed by atoms with Crippen LogP contribution in [0.1, 0.15) is 36.1 Å². The molecular weight excluding hydrogens is 370 g/mol. The first-order valence-electron chi connectivity index (χ1n) is 9.44. The molecule has 0 spiro atoms. The first-order valence-corrected chi connectivity index (χ1v) is 9.44. The number of hydrogen-bond acceptors (Lipinski definition) is 6. The minimum Gasteiger partial charge on any atom is -0.494 e. The van der Waals surface area contributed by atoms with Gasteiger partial charge in [0.15, 0.2) is 11.5 Å². The maximum atomic E-state index is 12.6. The first kappa shape index (κ1) is 17.4. The molecule has 9 heteroatoms. The molecular formula is C20H19N7O2. The molecule has 1 aliphatic heterocycles. The maximum absolute atomic E-state index is 12.6. The molecule has 1 amide bonds. The number of fused-ring (bicyclic) bond motifs is 2. The molecule has 5 rings (SSSR count). The van der Waals surface area contributed by atoms with Crippen molar-refractivity contribution in [2.45, 2.75) is 26.2 Å². The van der Waals surface area contributed by atoms with Gasteiger partial charge in [0.25, 0.3) is 0 Å². The quantitative estimate of drug-likeness (QED) is 0.576. The van der Waals surface area contributed by atoms with Crippen molar-refractivity contribution in [3.05, 3.63) is 59.5 Å². The van der Waals surface area contributed by atoms with Crippen molar-refractivity contribution in [2.24, 2.45) is 0 Å². The predicted molar refractivity (Wildman–Crippen MR) is 105 cm³/mol. The number of anilines is 1. The fraction of sp³-hybridized carbons (Fsp3) is 0.250. The second-order valence-corrected chi connectivity index (χ2v) is 6.86. The van der Waals surface area contributed by atoms with Gasteiger partial charge >= 0.3 is 0 Å². The summed E-state index contributed by atoms with van der Waals surface area (Å²) in [6.07, 6.45) is 1.86. The van der Waals surface area contributed by atoms with E-state index in [-0.39, 0.29) is 11.8 Å². The molecule has 1 unspecified atom stereocenters. The second-order valence-electron chi connectivity index (χ2n) is 6.86. The van der Waals surface area contributed by atoms with Crippen LogP contribution < -0.4 is 10.1 Å². The van der Waals surface area contributed by atoms with Gasteiger partial charge in [-0.25, -0.2) is 0 Å². The number of para-hydroxylation sites is 1. The molecule has 4 heterocycles. The first-order chi connectivity index (χ1) is 14.2. The van der Waals surface area contributed by atoms with E-state index in [1.54, 1.807) is 15.3 Å². The number of aromatic nitrogens is 6. The molecule has 29 heavy (non-hydrogen) atoms. The predicted octanol–water partition coefficient (Wildman–Crippen LogP) is 2.49. The van der Waals surface area contributed by atoms with Crippen LogP contribution in [0.4, 0.5) is 5.82 Å². The normalized spacial score (nSPS) is 15.9. The van der Waals surface area contributed by atoms with Crippen molar-refractivity contribution in [3.8, 4) is 11.6 Å². The molecule has 4 aromatic rings. The molecule has 1 N–H and O–H groups in total. The zero-order chi connectivity index (χ0) is 20.0. The highest BCUT2D eigenvalue weighted by molar-refractivity contribution is 5.95. The molecule has 0 saturated carbocycles. The minimum absolute atomic E-state index is 0.0691. The van der Waals surface area contributed by atoms with E-state index in [1.165, 1.54) is 6.33 Å². The van der Waals surface area contributed by atoms with Gasteiger partial charge in [0.1, 0.15) is 17.9 Å². The lowest BCUT2D eigenvalue weighted by atomic mass is 9.85. The zero-order valence-electron chi connectivity index (χ0n) is 16.0. The summed E-state index contributed by atoms with van der Waals surface area (Å²) in [6.45, 7) is 4.45. The Hall–Kier alpha value is -3.75. The molecule has 1 aromatic carbocycles. The van der Waals surface area contributed by atoms with E-state index in [2.05, 4.69) is 25.7 Å². The standard InChI is InChI=1S/C20H19N7O2/c1-3-29-15-7-5-4-6-13(15)14-10-18(28)22-20-19(14)12(2)24-27(20)17-9-8-16-23-21-11-26(16)25-17/h4-9,11,14H,3,10H2,1-2H3,(H,22,28). The van der Waals surface area contributed by atoms with Crippen molar-refractivity contribution < 1.29 is 9.53 Å². The van der Waals surface area contributed by atoms with E-state index < -0.39 is 0 Å². The monoisotopic (exact) mass is 389 g/mol.